The van der Waals surface area contributed by atoms with Gasteiger partial charge in [-0.3, -0.25) is 14.4 Å². The molecule has 3 N–H and O–H groups in total. The number of nitrogens with zero attached hydrogens (tertiary/aromatic N) is 1. The third-order valence-corrected chi connectivity index (χ3v) is 4.30. The molecule has 0 aromatic rings. The summed E-state index contributed by atoms with van der Waals surface area (Å²) in [6.07, 6.45) is 1.43. The first-order valence-electron chi connectivity index (χ1n) is 8.08. The van der Waals surface area contributed by atoms with Gasteiger partial charge in [-0.15, -0.1) is 0 Å². The summed E-state index contributed by atoms with van der Waals surface area (Å²) >= 11 is 5.46. The van der Waals surface area contributed by atoms with Crippen LogP contribution in [-0.4, -0.2) is 53.8 Å². The van der Waals surface area contributed by atoms with Gasteiger partial charge in [-0.05, 0) is 44.4 Å². The van der Waals surface area contributed by atoms with Crippen LogP contribution < -0.4 is 15.5 Å². The lowest BCUT2D eigenvalue weighted by Gasteiger charge is -2.31. The van der Waals surface area contributed by atoms with Gasteiger partial charge in [-0.25, -0.2) is 4.84 Å². The fourth-order valence-corrected chi connectivity index (χ4v) is 2.71. The molecule has 8 heteroatoms. The van der Waals surface area contributed by atoms with Gasteiger partial charge in [0.05, 0.1) is 6.04 Å². The van der Waals surface area contributed by atoms with Gasteiger partial charge >= 0.3 is 0 Å². The number of rotatable bonds is 7. The Morgan fingerprint density at radius 2 is 1.91 bits per heavy atom. The molecular formula is C15H27ClN4O3. The maximum Gasteiger partial charge on any atom is 0.246 e. The van der Waals surface area contributed by atoms with Crippen LogP contribution >= 0.6 is 11.8 Å². The average Bonchev–Trinajstić information content (AvgIpc) is 3.00. The Balaban J connectivity index is 2.84. The number of hydrogen-bond acceptors (Lipinski definition) is 4. The summed E-state index contributed by atoms with van der Waals surface area (Å²) in [5.74, 6) is -0.794. The summed E-state index contributed by atoms with van der Waals surface area (Å²) < 4.78 is 0. The Hall–Kier alpha value is -1.34. The predicted octanol–water partition coefficient (Wildman–Crippen LogP) is 0.386. The Morgan fingerprint density at radius 1 is 1.26 bits per heavy atom. The molecule has 0 aliphatic carbocycles. The molecule has 0 radical (unpaired) electrons. The van der Waals surface area contributed by atoms with Crippen molar-refractivity contribution >= 4 is 29.5 Å². The Kier molecular flexibility index (Phi) is 7.78. The molecule has 132 valence electrons. The minimum Gasteiger partial charge on any atom is -0.355 e. The van der Waals surface area contributed by atoms with E-state index in [0.717, 1.165) is 6.42 Å². The van der Waals surface area contributed by atoms with Crippen molar-refractivity contribution in [2.75, 3.05) is 13.1 Å². The molecule has 1 aliphatic heterocycles. The lowest BCUT2D eigenvalue weighted by atomic mass is 10.0. The van der Waals surface area contributed by atoms with Gasteiger partial charge in [0.2, 0.25) is 17.7 Å². The van der Waals surface area contributed by atoms with Crippen molar-refractivity contribution in [3.05, 3.63) is 0 Å². The number of nitrogens with one attached hydrogen (secondary N) is 3. The number of amides is 3. The Bertz CT molecular complexity index is 444. The van der Waals surface area contributed by atoms with E-state index in [2.05, 4.69) is 15.5 Å². The monoisotopic (exact) mass is 346 g/mol. The van der Waals surface area contributed by atoms with Crippen molar-refractivity contribution in [1.82, 2.24) is 20.4 Å². The van der Waals surface area contributed by atoms with Crippen LogP contribution in [0.1, 0.15) is 40.5 Å². The molecule has 1 rings (SSSR count). The average molecular weight is 347 g/mol. The normalized spacial score (nSPS) is 20.3. The molecule has 3 amide bonds. The molecule has 7 nitrogen and oxygen atoms in total. The highest BCUT2D eigenvalue weighted by Gasteiger charge is 2.38. The van der Waals surface area contributed by atoms with Crippen molar-refractivity contribution in [3.8, 4) is 0 Å². The van der Waals surface area contributed by atoms with Crippen LogP contribution in [0.4, 0.5) is 0 Å². The van der Waals surface area contributed by atoms with Crippen LogP contribution in [0.5, 0.6) is 0 Å². The van der Waals surface area contributed by atoms with E-state index in [1.165, 1.54) is 0 Å². The molecule has 0 spiro atoms. The molecule has 0 aromatic heterocycles. The van der Waals surface area contributed by atoms with Gasteiger partial charge in [0.25, 0.3) is 0 Å². The standard InChI is InChI=1S/C15H27ClN4O3/c1-5-17-14(22)11-7-6-8-20(11)15(23)12(9(2)3)18-13(21)10(4)19-16/h9-12,19H,5-8H2,1-4H3,(H,17,22)(H,18,21)/t10?,11?,12-/m0/s1. The molecule has 1 fully saturated rings. The first kappa shape index (κ1) is 19.7. The summed E-state index contributed by atoms with van der Waals surface area (Å²) in [6, 6.07) is -1.74. The summed E-state index contributed by atoms with van der Waals surface area (Å²) in [6.45, 7) is 8.23. The molecule has 1 aliphatic rings. The summed E-state index contributed by atoms with van der Waals surface area (Å²) in [4.78, 5) is 40.9. The maximum atomic E-state index is 12.8. The van der Waals surface area contributed by atoms with Crippen LogP contribution in [-0.2, 0) is 14.4 Å². The van der Waals surface area contributed by atoms with Crippen LogP contribution in [0.25, 0.3) is 0 Å². The SMILES string of the molecule is CCNC(=O)C1CCCN1C(=O)[C@@H](NC(=O)C(C)NCl)C(C)C. The van der Waals surface area contributed by atoms with Crippen molar-refractivity contribution < 1.29 is 14.4 Å². The van der Waals surface area contributed by atoms with Gasteiger partial charge in [0.1, 0.15) is 12.1 Å². The fraction of sp³-hybridized carbons (Fsp3) is 0.800. The molecule has 1 heterocycles. The number of halogens is 1. The Morgan fingerprint density at radius 3 is 2.43 bits per heavy atom. The molecule has 23 heavy (non-hydrogen) atoms. The topological polar surface area (TPSA) is 90.5 Å². The fourth-order valence-electron chi connectivity index (χ4n) is 2.62. The molecule has 0 aromatic carbocycles. The van der Waals surface area contributed by atoms with Crippen LogP contribution in [0, 0.1) is 5.92 Å². The summed E-state index contributed by atoms with van der Waals surface area (Å²) in [5.41, 5.74) is 0. The molecule has 0 bridgehead atoms. The van der Waals surface area contributed by atoms with E-state index in [4.69, 9.17) is 11.8 Å². The lowest BCUT2D eigenvalue weighted by Crippen LogP contribution is -2.57. The second kappa shape index (κ2) is 9.08. The lowest BCUT2D eigenvalue weighted by molar-refractivity contribution is -0.142. The van der Waals surface area contributed by atoms with Crippen molar-refractivity contribution in [2.45, 2.75) is 58.7 Å². The first-order chi connectivity index (χ1) is 10.8. The maximum absolute atomic E-state index is 12.8. The number of likely N-dealkylation sites (N-methyl/N-ethyl adjacent to an activating group) is 1. The van der Waals surface area contributed by atoms with Gasteiger partial charge < -0.3 is 15.5 Å². The smallest absolute Gasteiger partial charge is 0.246 e. The third-order valence-electron chi connectivity index (χ3n) is 3.98. The highest BCUT2D eigenvalue weighted by molar-refractivity contribution is 6.15. The number of carbonyl (C=O) groups excluding carboxylic acids is 3. The van der Waals surface area contributed by atoms with E-state index in [0.29, 0.717) is 19.5 Å². The van der Waals surface area contributed by atoms with Crippen LogP contribution in [0.15, 0.2) is 0 Å². The van der Waals surface area contributed by atoms with E-state index >= 15 is 0 Å². The second-order valence-corrected chi connectivity index (χ2v) is 6.36. The zero-order chi connectivity index (χ0) is 17.6. The minimum absolute atomic E-state index is 0.0931. The number of likely N-dealkylation sites (tertiary alicyclic amines) is 1. The van der Waals surface area contributed by atoms with E-state index in [1.54, 1.807) is 11.8 Å². The molecule has 3 atom stereocenters. The predicted molar refractivity (Wildman–Crippen MR) is 88.6 cm³/mol. The zero-order valence-electron chi connectivity index (χ0n) is 14.2. The highest BCUT2D eigenvalue weighted by atomic mass is 35.5. The highest BCUT2D eigenvalue weighted by Crippen LogP contribution is 2.20. The quantitative estimate of drug-likeness (QED) is 0.581. The largest absolute Gasteiger partial charge is 0.355 e. The van der Waals surface area contributed by atoms with Crippen molar-refractivity contribution in [2.24, 2.45) is 5.92 Å². The van der Waals surface area contributed by atoms with Gasteiger partial charge in [-0.2, -0.15) is 0 Å². The number of carbonyl (C=O) groups is 3. The van der Waals surface area contributed by atoms with Crippen LogP contribution in [0.2, 0.25) is 0 Å². The summed E-state index contributed by atoms with van der Waals surface area (Å²) in [7, 11) is 0. The molecule has 0 saturated carbocycles. The Labute approximate surface area is 142 Å². The molecular weight excluding hydrogens is 320 g/mol. The molecule has 2 unspecified atom stereocenters. The van der Waals surface area contributed by atoms with Crippen molar-refractivity contribution in [3.63, 3.8) is 0 Å². The van der Waals surface area contributed by atoms with E-state index in [1.807, 2.05) is 20.8 Å². The van der Waals surface area contributed by atoms with Gasteiger partial charge in [0.15, 0.2) is 0 Å². The zero-order valence-corrected chi connectivity index (χ0v) is 14.9. The minimum atomic E-state index is -0.676. The van der Waals surface area contributed by atoms with E-state index < -0.39 is 18.1 Å². The van der Waals surface area contributed by atoms with Crippen molar-refractivity contribution in [1.29, 1.82) is 0 Å². The van der Waals surface area contributed by atoms with E-state index in [9.17, 15) is 14.4 Å². The second-order valence-electron chi connectivity index (χ2n) is 6.15. The van der Waals surface area contributed by atoms with Gasteiger partial charge in [0, 0.05) is 13.1 Å². The summed E-state index contributed by atoms with van der Waals surface area (Å²) in [5, 5.41) is 5.49. The molecule has 1 saturated heterocycles. The third kappa shape index (κ3) is 5.07. The van der Waals surface area contributed by atoms with Gasteiger partial charge in [-0.1, -0.05) is 13.8 Å². The first-order valence-corrected chi connectivity index (χ1v) is 8.46. The number of hydrogen-bond donors (Lipinski definition) is 3. The van der Waals surface area contributed by atoms with Crippen LogP contribution in [0.3, 0.4) is 0 Å². The van der Waals surface area contributed by atoms with E-state index in [-0.39, 0.29) is 23.6 Å².